The third-order valence-electron chi connectivity index (χ3n) is 6.40. The zero-order chi connectivity index (χ0) is 24.1. The lowest BCUT2D eigenvalue weighted by molar-refractivity contribution is 0.0660. The van der Waals surface area contributed by atoms with Gasteiger partial charge in [0.25, 0.3) is 5.91 Å². The summed E-state index contributed by atoms with van der Waals surface area (Å²) in [6, 6.07) is 5.86. The minimum atomic E-state index is -3.73. The Hall–Kier alpha value is -2.78. The van der Waals surface area contributed by atoms with E-state index in [1.165, 1.54) is 35.5 Å². The number of carbonyl (C=O) groups is 3. The Morgan fingerprint density at radius 2 is 1.61 bits per heavy atom. The molecular formula is C24H28N2O6S. The molecule has 2 aromatic rings. The summed E-state index contributed by atoms with van der Waals surface area (Å²) in [7, 11) is -3.73. The molecule has 0 unspecified atom stereocenters. The number of furan rings is 1. The van der Waals surface area contributed by atoms with Crippen molar-refractivity contribution in [2.75, 3.05) is 26.2 Å². The molecule has 0 spiro atoms. The monoisotopic (exact) mass is 472 g/mol. The lowest BCUT2D eigenvalue weighted by Gasteiger charge is -2.33. The van der Waals surface area contributed by atoms with Crippen LogP contribution in [0.25, 0.3) is 0 Å². The van der Waals surface area contributed by atoms with Gasteiger partial charge in [0.2, 0.25) is 10.0 Å². The fourth-order valence-electron chi connectivity index (χ4n) is 4.57. The first kappa shape index (κ1) is 23.4. The van der Waals surface area contributed by atoms with Crippen LogP contribution in [0.3, 0.4) is 0 Å². The molecule has 0 bridgehead atoms. The average molecular weight is 473 g/mol. The van der Waals surface area contributed by atoms with E-state index in [2.05, 4.69) is 0 Å². The summed E-state index contributed by atoms with van der Waals surface area (Å²) < 4.78 is 33.2. The van der Waals surface area contributed by atoms with Crippen molar-refractivity contribution >= 4 is 27.5 Å². The van der Waals surface area contributed by atoms with E-state index in [-0.39, 0.29) is 59.7 Å². The van der Waals surface area contributed by atoms with Crippen LogP contribution in [0.15, 0.2) is 33.6 Å². The Bertz CT molecular complexity index is 1230. The largest absolute Gasteiger partial charge is 0.455 e. The SMILES string of the molecule is CC(=O)c1ccc(S(=O)(=O)N2CCN(C(=O)c3oc4c(c3C)C(=O)CC(C)(C)C4)CC2)cc1. The standard InChI is InChI=1S/C24H28N2O6S/c1-15-21-19(28)13-24(3,4)14-20(21)32-22(15)23(29)25-9-11-26(12-10-25)33(30,31)18-7-5-17(6-8-18)16(2)27/h5-8H,9-14H2,1-4H3. The molecule has 33 heavy (non-hydrogen) atoms. The highest BCUT2D eigenvalue weighted by Crippen LogP contribution is 2.38. The molecule has 1 aliphatic carbocycles. The molecule has 176 valence electrons. The minimum absolute atomic E-state index is 0.00625. The summed E-state index contributed by atoms with van der Waals surface area (Å²) in [5, 5.41) is 0. The van der Waals surface area contributed by atoms with Gasteiger partial charge in [-0.3, -0.25) is 14.4 Å². The summed E-state index contributed by atoms with van der Waals surface area (Å²) in [6.07, 6.45) is 1.01. The van der Waals surface area contributed by atoms with E-state index in [0.29, 0.717) is 35.3 Å². The number of rotatable bonds is 4. The van der Waals surface area contributed by atoms with Gasteiger partial charge in [-0.1, -0.05) is 26.0 Å². The van der Waals surface area contributed by atoms with Crippen LogP contribution in [-0.4, -0.2) is 61.3 Å². The van der Waals surface area contributed by atoms with Gasteiger partial charge in [-0.15, -0.1) is 0 Å². The number of hydrogen-bond donors (Lipinski definition) is 0. The van der Waals surface area contributed by atoms with Crippen molar-refractivity contribution in [1.29, 1.82) is 0 Å². The summed E-state index contributed by atoms with van der Waals surface area (Å²) >= 11 is 0. The summed E-state index contributed by atoms with van der Waals surface area (Å²) in [6.45, 7) is 7.88. The molecule has 9 heteroatoms. The molecule has 1 aliphatic heterocycles. The molecule has 8 nitrogen and oxygen atoms in total. The molecule has 1 aromatic heterocycles. The Morgan fingerprint density at radius 3 is 2.18 bits per heavy atom. The number of nitrogens with zero attached hydrogens (tertiary/aromatic N) is 2. The molecule has 1 amide bonds. The van der Waals surface area contributed by atoms with Gasteiger partial charge < -0.3 is 9.32 Å². The molecule has 0 saturated carbocycles. The normalized spacial score (nSPS) is 18.8. The first-order valence-corrected chi connectivity index (χ1v) is 12.4. The highest BCUT2D eigenvalue weighted by Gasteiger charge is 2.38. The lowest BCUT2D eigenvalue weighted by atomic mass is 9.76. The van der Waals surface area contributed by atoms with Gasteiger partial charge in [0.15, 0.2) is 17.3 Å². The van der Waals surface area contributed by atoms with Crippen molar-refractivity contribution in [2.24, 2.45) is 5.41 Å². The second-order valence-electron chi connectivity index (χ2n) is 9.57. The van der Waals surface area contributed by atoms with Crippen molar-refractivity contribution in [1.82, 2.24) is 9.21 Å². The summed E-state index contributed by atoms with van der Waals surface area (Å²) in [5.41, 5.74) is 1.32. The van der Waals surface area contributed by atoms with Crippen molar-refractivity contribution < 1.29 is 27.2 Å². The third-order valence-corrected chi connectivity index (χ3v) is 8.31. The van der Waals surface area contributed by atoms with Crippen LogP contribution >= 0.6 is 0 Å². The molecule has 1 fully saturated rings. The Balaban J connectivity index is 1.48. The van der Waals surface area contributed by atoms with Gasteiger partial charge in [0, 0.05) is 50.1 Å². The maximum atomic E-state index is 13.2. The lowest BCUT2D eigenvalue weighted by Crippen LogP contribution is -2.50. The number of piperazine rings is 1. The van der Waals surface area contributed by atoms with Crippen molar-refractivity contribution in [3.8, 4) is 0 Å². The Morgan fingerprint density at radius 1 is 1.00 bits per heavy atom. The maximum absolute atomic E-state index is 13.2. The molecule has 0 atom stereocenters. The highest BCUT2D eigenvalue weighted by atomic mass is 32.2. The van der Waals surface area contributed by atoms with Crippen LogP contribution in [0.4, 0.5) is 0 Å². The van der Waals surface area contributed by atoms with E-state index < -0.39 is 10.0 Å². The topological polar surface area (TPSA) is 105 Å². The quantitative estimate of drug-likeness (QED) is 0.633. The Kier molecular flexibility index (Phi) is 5.82. The van der Waals surface area contributed by atoms with Gasteiger partial charge in [0.05, 0.1) is 10.5 Å². The molecule has 0 radical (unpaired) electrons. The number of sulfonamides is 1. The van der Waals surface area contributed by atoms with E-state index in [1.54, 1.807) is 11.8 Å². The molecular weight excluding hydrogens is 444 g/mol. The number of hydrogen-bond acceptors (Lipinski definition) is 6. The fourth-order valence-corrected chi connectivity index (χ4v) is 5.99. The summed E-state index contributed by atoms with van der Waals surface area (Å²) in [5.74, 6) is 0.268. The second-order valence-corrected chi connectivity index (χ2v) is 11.5. The van der Waals surface area contributed by atoms with E-state index in [0.717, 1.165) is 0 Å². The third kappa shape index (κ3) is 4.27. The first-order chi connectivity index (χ1) is 15.4. The second kappa shape index (κ2) is 8.22. The van der Waals surface area contributed by atoms with Crippen molar-refractivity contribution in [3.63, 3.8) is 0 Å². The maximum Gasteiger partial charge on any atom is 0.289 e. The van der Waals surface area contributed by atoms with Crippen LogP contribution in [0.1, 0.15) is 69.8 Å². The van der Waals surface area contributed by atoms with Gasteiger partial charge in [0.1, 0.15) is 5.76 Å². The van der Waals surface area contributed by atoms with Crippen LogP contribution in [-0.2, 0) is 16.4 Å². The van der Waals surface area contributed by atoms with E-state index in [9.17, 15) is 22.8 Å². The molecule has 2 aliphatic rings. The smallest absolute Gasteiger partial charge is 0.289 e. The number of Topliss-reactive ketones (excluding diaryl/α,β-unsaturated/α-hetero) is 2. The van der Waals surface area contributed by atoms with E-state index >= 15 is 0 Å². The average Bonchev–Trinajstić information content (AvgIpc) is 3.08. The van der Waals surface area contributed by atoms with Gasteiger partial charge in [-0.2, -0.15) is 4.31 Å². The van der Waals surface area contributed by atoms with Crippen LogP contribution in [0.5, 0.6) is 0 Å². The van der Waals surface area contributed by atoms with Crippen molar-refractivity contribution in [2.45, 2.75) is 45.4 Å². The number of fused-ring (bicyclic) bond motifs is 1. The van der Waals surface area contributed by atoms with Gasteiger partial charge >= 0.3 is 0 Å². The van der Waals surface area contributed by atoms with E-state index in [4.69, 9.17) is 4.42 Å². The van der Waals surface area contributed by atoms with Crippen LogP contribution < -0.4 is 0 Å². The predicted molar refractivity (Wildman–Crippen MR) is 121 cm³/mol. The molecule has 1 saturated heterocycles. The highest BCUT2D eigenvalue weighted by molar-refractivity contribution is 7.89. The fraction of sp³-hybridized carbons (Fsp3) is 0.458. The van der Waals surface area contributed by atoms with Gasteiger partial charge in [-0.25, -0.2) is 8.42 Å². The van der Waals surface area contributed by atoms with Gasteiger partial charge in [-0.05, 0) is 31.4 Å². The van der Waals surface area contributed by atoms with Crippen molar-refractivity contribution in [3.05, 3.63) is 52.5 Å². The number of carbonyl (C=O) groups excluding carboxylic acids is 3. The number of amides is 1. The molecule has 1 aromatic carbocycles. The zero-order valence-corrected chi connectivity index (χ0v) is 20.1. The van der Waals surface area contributed by atoms with Crippen LogP contribution in [0.2, 0.25) is 0 Å². The first-order valence-electron chi connectivity index (χ1n) is 11.0. The predicted octanol–water partition coefficient (Wildman–Crippen LogP) is 3.09. The van der Waals surface area contributed by atoms with E-state index in [1.807, 2.05) is 13.8 Å². The number of ketones is 2. The number of benzene rings is 1. The minimum Gasteiger partial charge on any atom is -0.455 e. The molecule has 4 rings (SSSR count). The molecule has 0 N–H and O–H groups in total. The molecule has 2 heterocycles. The zero-order valence-electron chi connectivity index (χ0n) is 19.3. The van der Waals surface area contributed by atoms with Crippen LogP contribution in [0, 0.1) is 12.3 Å². The Labute approximate surface area is 193 Å². The summed E-state index contributed by atoms with van der Waals surface area (Å²) in [4.78, 5) is 38.9.